The average Bonchev–Trinajstić information content (AvgIpc) is 3.09. The van der Waals surface area contributed by atoms with Crippen molar-refractivity contribution < 1.29 is 0 Å². The molecule has 1 saturated heterocycles. The molecule has 4 nitrogen and oxygen atoms in total. The molecule has 1 aromatic heterocycles. The summed E-state index contributed by atoms with van der Waals surface area (Å²) in [4.78, 5) is 11.7. The highest BCUT2D eigenvalue weighted by Crippen LogP contribution is 2.38. The molecule has 0 spiro atoms. The van der Waals surface area contributed by atoms with Gasteiger partial charge in [0.2, 0.25) is 0 Å². The number of anilines is 1. The predicted octanol–water partition coefficient (Wildman–Crippen LogP) is 2.60. The van der Waals surface area contributed by atoms with Gasteiger partial charge < -0.3 is 5.32 Å². The van der Waals surface area contributed by atoms with Crippen LogP contribution in [0.5, 0.6) is 0 Å². The van der Waals surface area contributed by atoms with Crippen LogP contribution in [0.1, 0.15) is 50.3 Å². The highest BCUT2D eigenvalue weighted by molar-refractivity contribution is 5.40. The summed E-state index contributed by atoms with van der Waals surface area (Å²) < 4.78 is 0. The second-order valence-electron chi connectivity index (χ2n) is 5.37. The first kappa shape index (κ1) is 11.9. The van der Waals surface area contributed by atoms with Crippen molar-refractivity contribution >= 4 is 5.82 Å². The van der Waals surface area contributed by atoms with Crippen molar-refractivity contribution in [3.63, 3.8) is 0 Å². The number of hydrogen-bond acceptors (Lipinski definition) is 4. The predicted molar refractivity (Wildman–Crippen MR) is 72.5 cm³/mol. The summed E-state index contributed by atoms with van der Waals surface area (Å²) in [7, 11) is 1.93. The third kappa shape index (κ3) is 2.09. The van der Waals surface area contributed by atoms with Crippen molar-refractivity contribution in [2.45, 2.75) is 50.6 Å². The number of rotatable bonds is 3. The molecular formula is C14H22N4. The molecule has 18 heavy (non-hydrogen) atoms. The fourth-order valence-corrected chi connectivity index (χ4v) is 3.54. The number of nitrogens with zero attached hydrogens (tertiary/aromatic N) is 3. The van der Waals surface area contributed by atoms with E-state index in [1.807, 2.05) is 13.2 Å². The Morgan fingerprint density at radius 3 is 2.67 bits per heavy atom. The van der Waals surface area contributed by atoms with Gasteiger partial charge in [-0.05, 0) is 32.2 Å². The lowest BCUT2D eigenvalue weighted by Gasteiger charge is -2.30. The topological polar surface area (TPSA) is 41.1 Å². The summed E-state index contributed by atoms with van der Waals surface area (Å²) in [6.07, 6.45) is 11.6. The first-order chi connectivity index (χ1) is 8.90. The molecule has 0 radical (unpaired) electrons. The monoisotopic (exact) mass is 246 g/mol. The van der Waals surface area contributed by atoms with Gasteiger partial charge in [-0.25, -0.2) is 4.98 Å². The van der Waals surface area contributed by atoms with E-state index in [1.54, 1.807) is 6.20 Å². The van der Waals surface area contributed by atoms with Crippen LogP contribution in [0.25, 0.3) is 0 Å². The number of aromatic nitrogens is 2. The standard InChI is InChI=1S/C14H22N4/c1-15-14-13(16-8-9-17-14)12-7-4-10-18(12)11-5-2-3-6-11/h8-9,11-12H,2-7,10H2,1H3,(H,15,17)/t12-/m1/s1. The highest BCUT2D eigenvalue weighted by Gasteiger charge is 2.35. The minimum atomic E-state index is 0.476. The average molecular weight is 246 g/mol. The summed E-state index contributed by atoms with van der Waals surface area (Å²) in [6, 6.07) is 1.26. The number of nitrogens with one attached hydrogen (secondary N) is 1. The molecule has 2 aliphatic rings. The lowest BCUT2D eigenvalue weighted by molar-refractivity contribution is 0.180. The lowest BCUT2D eigenvalue weighted by Crippen LogP contribution is -2.33. The normalized spacial score (nSPS) is 25.7. The minimum Gasteiger partial charge on any atom is -0.372 e. The second-order valence-corrected chi connectivity index (χ2v) is 5.37. The molecule has 0 aromatic carbocycles. The van der Waals surface area contributed by atoms with E-state index in [-0.39, 0.29) is 0 Å². The van der Waals surface area contributed by atoms with Crippen molar-refractivity contribution in [1.29, 1.82) is 0 Å². The smallest absolute Gasteiger partial charge is 0.149 e. The summed E-state index contributed by atoms with van der Waals surface area (Å²) in [5.74, 6) is 0.951. The van der Waals surface area contributed by atoms with E-state index < -0.39 is 0 Å². The third-order valence-electron chi connectivity index (χ3n) is 4.37. The molecule has 1 aliphatic carbocycles. The van der Waals surface area contributed by atoms with Gasteiger partial charge in [-0.2, -0.15) is 0 Å². The van der Waals surface area contributed by atoms with E-state index in [1.165, 1.54) is 45.1 Å². The molecular weight excluding hydrogens is 224 g/mol. The van der Waals surface area contributed by atoms with Crippen molar-refractivity contribution in [3.8, 4) is 0 Å². The summed E-state index contributed by atoms with van der Waals surface area (Å²) in [5.41, 5.74) is 1.14. The number of hydrogen-bond donors (Lipinski definition) is 1. The van der Waals surface area contributed by atoms with Gasteiger partial charge in [0.05, 0.1) is 11.7 Å². The van der Waals surface area contributed by atoms with Gasteiger partial charge in [-0.1, -0.05) is 12.8 Å². The first-order valence-electron chi connectivity index (χ1n) is 7.14. The van der Waals surface area contributed by atoms with E-state index in [9.17, 15) is 0 Å². The van der Waals surface area contributed by atoms with Gasteiger partial charge >= 0.3 is 0 Å². The van der Waals surface area contributed by atoms with Gasteiger partial charge in [-0.15, -0.1) is 0 Å². The van der Waals surface area contributed by atoms with Crippen LogP contribution in [0.4, 0.5) is 5.82 Å². The first-order valence-corrected chi connectivity index (χ1v) is 7.14. The number of likely N-dealkylation sites (tertiary alicyclic amines) is 1. The van der Waals surface area contributed by atoms with Crippen molar-refractivity contribution in [1.82, 2.24) is 14.9 Å². The Hall–Kier alpha value is -1.16. The van der Waals surface area contributed by atoms with E-state index in [4.69, 9.17) is 0 Å². The maximum atomic E-state index is 4.59. The lowest BCUT2D eigenvalue weighted by atomic mass is 10.1. The van der Waals surface area contributed by atoms with E-state index in [2.05, 4.69) is 20.2 Å². The van der Waals surface area contributed by atoms with Gasteiger partial charge in [0.25, 0.3) is 0 Å². The Kier molecular flexibility index (Phi) is 3.46. The Bertz CT molecular complexity index is 401. The fraction of sp³-hybridized carbons (Fsp3) is 0.714. The molecule has 0 amide bonds. The Labute approximate surface area is 109 Å². The molecule has 0 unspecified atom stereocenters. The van der Waals surface area contributed by atoms with Crippen molar-refractivity contribution in [2.75, 3.05) is 18.9 Å². The molecule has 98 valence electrons. The minimum absolute atomic E-state index is 0.476. The zero-order valence-corrected chi connectivity index (χ0v) is 11.1. The SMILES string of the molecule is CNc1nccnc1[C@H]1CCCN1C1CCCC1. The molecule has 1 N–H and O–H groups in total. The molecule has 3 rings (SSSR count). The Morgan fingerprint density at radius 1 is 1.11 bits per heavy atom. The maximum Gasteiger partial charge on any atom is 0.149 e. The Morgan fingerprint density at radius 2 is 1.89 bits per heavy atom. The largest absolute Gasteiger partial charge is 0.372 e. The quantitative estimate of drug-likeness (QED) is 0.890. The van der Waals surface area contributed by atoms with Crippen LogP contribution in [0.2, 0.25) is 0 Å². The van der Waals surface area contributed by atoms with E-state index in [0.717, 1.165) is 17.6 Å². The van der Waals surface area contributed by atoms with E-state index in [0.29, 0.717) is 6.04 Å². The highest BCUT2D eigenvalue weighted by atomic mass is 15.2. The van der Waals surface area contributed by atoms with Gasteiger partial charge in [0.15, 0.2) is 0 Å². The van der Waals surface area contributed by atoms with Crippen LogP contribution < -0.4 is 5.32 Å². The Balaban J connectivity index is 1.85. The third-order valence-corrected chi connectivity index (χ3v) is 4.37. The molecule has 2 fully saturated rings. The van der Waals surface area contributed by atoms with Crippen LogP contribution in [0.3, 0.4) is 0 Å². The van der Waals surface area contributed by atoms with Gasteiger partial charge in [-0.3, -0.25) is 9.88 Å². The summed E-state index contributed by atoms with van der Waals surface area (Å²) in [6.45, 7) is 1.23. The zero-order valence-electron chi connectivity index (χ0n) is 11.1. The van der Waals surface area contributed by atoms with Crippen LogP contribution in [0, 0.1) is 0 Å². The van der Waals surface area contributed by atoms with E-state index >= 15 is 0 Å². The van der Waals surface area contributed by atoms with Crippen LogP contribution in [-0.2, 0) is 0 Å². The zero-order chi connectivity index (χ0) is 12.4. The van der Waals surface area contributed by atoms with Crippen LogP contribution in [-0.4, -0.2) is 34.5 Å². The molecule has 1 saturated carbocycles. The molecule has 4 heteroatoms. The van der Waals surface area contributed by atoms with Crippen molar-refractivity contribution in [3.05, 3.63) is 18.1 Å². The molecule has 1 aromatic rings. The molecule has 1 atom stereocenters. The summed E-state index contributed by atoms with van der Waals surface area (Å²) >= 11 is 0. The van der Waals surface area contributed by atoms with Crippen LogP contribution >= 0.6 is 0 Å². The van der Waals surface area contributed by atoms with Crippen LogP contribution in [0.15, 0.2) is 12.4 Å². The van der Waals surface area contributed by atoms with Gasteiger partial charge in [0, 0.05) is 25.5 Å². The fourth-order valence-electron chi connectivity index (χ4n) is 3.54. The maximum absolute atomic E-state index is 4.59. The molecule has 2 heterocycles. The summed E-state index contributed by atoms with van der Waals surface area (Å²) in [5, 5.41) is 3.18. The van der Waals surface area contributed by atoms with Crippen molar-refractivity contribution in [2.24, 2.45) is 0 Å². The molecule has 1 aliphatic heterocycles. The molecule has 0 bridgehead atoms. The van der Waals surface area contributed by atoms with Gasteiger partial charge in [0.1, 0.15) is 5.82 Å². The second kappa shape index (κ2) is 5.22.